The Morgan fingerprint density at radius 3 is 2.69 bits per heavy atom. The van der Waals surface area contributed by atoms with Gasteiger partial charge in [-0.25, -0.2) is 18.4 Å². The zero-order chi connectivity index (χ0) is 27.2. The number of nitrogens with one attached hydrogen (secondary N) is 2. The van der Waals surface area contributed by atoms with Gasteiger partial charge < -0.3 is 15.5 Å². The van der Waals surface area contributed by atoms with Gasteiger partial charge >= 0.3 is 0 Å². The van der Waals surface area contributed by atoms with E-state index in [1.807, 2.05) is 30.3 Å². The number of aryl methyl sites for hydroxylation is 1. The van der Waals surface area contributed by atoms with Gasteiger partial charge in [-0.2, -0.15) is 0 Å². The lowest BCUT2D eigenvalue weighted by Crippen LogP contribution is -2.52. The highest BCUT2D eigenvalue weighted by atomic mass is 32.2. The minimum Gasteiger partial charge on any atom is -0.353 e. The Morgan fingerprint density at radius 1 is 1.08 bits per heavy atom. The van der Waals surface area contributed by atoms with Gasteiger partial charge in [-0.1, -0.05) is 12.1 Å². The van der Waals surface area contributed by atoms with Gasteiger partial charge in [0.1, 0.15) is 5.82 Å². The maximum absolute atomic E-state index is 12.8. The summed E-state index contributed by atoms with van der Waals surface area (Å²) in [5.74, 6) is 0.598. The minimum atomic E-state index is -3.43. The number of benzene rings is 1. The van der Waals surface area contributed by atoms with Crippen molar-refractivity contribution in [1.82, 2.24) is 25.6 Å². The average Bonchev–Trinajstić information content (AvgIpc) is 3.68. The third-order valence-electron chi connectivity index (χ3n) is 7.46. The van der Waals surface area contributed by atoms with Gasteiger partial charge in [0.25, 0.3) is 5.91 Å². The van der Waals surface area contributed by atoms with Crippen molar-refractivity contribution in [1.29, 1.82) is 0 Å². The lowest BCUT2D eigenvalue weighted by molar-refractivity contribution is 0.0950. The Balaban J connectivity index is 1.20. The first-order valence-corrected chi connectivity index (χ1v) is 14.9. The van der Waals surface area contributed by atoms with Gasteiger partial charge in [0.15, 0.2) is 9.84 Å². The lowest BCUT2D eigenvalue weighted by Gasteiger charge is -2.35. The standard InChI is InChI=1S/C29H30N6O3S/c1-19-6-7-20(14-26(19)39(2,37)38)28(36)31-17-22-15-25-21(16-30-22)8-9-24(33-25)23-4-3-5-27(34-23)35-13-12-32-29(18-35)10-11-29/h3-9,14-16,32H,10-13,17-18H2,1-2H3,(H,31,36). The molecule has 1 saturated carbocycles. The fourth-order valence-electron chi connectivity index (χ4n) is 5.09. The minimum absolute atomic E-state index is 0.150. The normalized spacial score (nSPS) is 16.4. The van der Waals surface area contributed by atoms with E-state index in [-0.39, 0.29) is 28.4 Å². The fraction of sp³-hybridized carbons (Fsp3) is 0.310. The summed E-state index contributed by atoms with van der Waals surface area (Å²) in [6, 6.07) is 16.5. The van der Waals surface area contributed by atoms with Crippen LogP contribution in [0, 0.1) is 6.92 Å². The number of anilines is 1. The molecule has 1 spiro atoms. The van der Waals surface area contributed by atoms with Crippen molar-refractivity contribution in [2.45, 2.75) is 36.7 Å². The molecule has 2 aliphatic rings. The summed E-state index contributed by atoms with van der Waals surface area (Å²) in [6.45, 7) is 4.77. The highest BCUT2D eigenvalue weighted by molar-refractivity contribution is 7.90. The molecule has 39 heavy (non-hydrogen) atoms. The molecule has 2 fully saturated rings. The quantitative estimate of drug-likeness (QED) is 0.381. The lowest BCUT2D eigenvalue weighted by atomic mass is 10.1. The van der Waals surface area contributed by atoms with E-state index in [4.69, 9.17) is 9.97 Å². The molecule has 6 rings (SSSR count). The van der Waals surface area contributed by atoms with Crippen molar-refractivity contribution in [2.75, 3.05) is 30.8 Å². The van der Waals surface area contributed by atoms with Crippen molar-refractivity contribution in [3.8, 4) is 11.4 Å². The molecular weight excluding hydrogens is 512 g/mol. The van der Waals surface area contributed by atoms with Crippen molar-refractivity contribution >= 4 is 32.5 Å². The largest absolute Gasteiger partial charge is 0.353 e. The van der Waals surface area contributed by atoms with Gasteiger partial charge in [-0.3, -0.25) is 9.78 Å². The van der Waals surface area contributed by atoms with Crippen molar-refractivity contribution in [2.24, 2.45) is 0 Å². The highest BCUT2D eigenvalue weighted by Crippen LogP contribution is 2.38. The third kappa shape index (κ3) is 5.35. The number of hydrogen-bond donors (Lipinski definition) is 2. The van der Waals surface area contributed by atoms with Crippen LogP contribution in [0.2, 0.25) is 0 Å². The summed E-state index contributed by atoms with van der Waals surface area (Å²) in [5, 5.41) is 7.36. The second kappa shape index (κ2) is 9.69. The first-order valence-electron chi connectivity index (χ1n) is 13.0. The predicted molar refractivity (Wildman–Crippen MR) is 150 cm³/mol. The number of aromatic nitrogens is 3. The van der Waals surface area contributed by atoms with Crippen molar-refractivity contribution in [3.05, 3.63) is 77.6 Å². The van der Waals surface area contributed by atoms with Crippen LogP contribution in [0.15, 0.2) is 65.7 Å². The van der Waals surface area contributed by atoms with Crippen LogP contribution in [-0.2, 0) is 16.4 Å². The van der Waals surface area contributed by atoms with Crippen molar-refractivity contribution < 1.29 is 13.2 Å². The van der Waals surface area contributed by atoms with E-state index in [2.05, 4.69) is 26.6 Å². The molecule has 0 bridgehead atoms. The first-order chi connectivity index (χ1) is 18.7. The number of fused-ring (bicyclic) bond motifs is 1. The summed E-state index contributed by atoms with van der Waals surface area (Å²) < 4.78 is 24.1. The second-order valence-electron chi connectivity index (χ2n) is 10.5. The molecule has 10 heteroatoms. The molecule has 2 N–H and O–H groups in total. The monoisotopic (exact) mass is 542 g/mol. The third-order valence-corrected chi connectivity index (χ3v) is 8.70. The summed E-state index contributed by atoms with van der Waals surface area (Å²) in [6.07, 6.45) is 5.32. The Bertz CT molecular complexity index is 1700. The van der Waals surface area contributed by atoms with Crippen LogP contribution in [0.1, 0.15) is 34.5 Å². The molecule has 1 aliphatic carbocycles. The number of rotatable bonds is 6. The molecule has 1 amide bonds. The molecule has 4 aromatic rings. The van der Waals surface area contributed by atoms with Gasteiger partial charge in [0, 0.05) is 48.6 Å². The number of carbonyl (C=O) groups excluding carboxylic acids is 1. The van der Waals surface area contributed by atoms with E-state index in [0.29, 0.717) is 11.3 Å². The fourth-order valence-corrected chi connectivity index (χ4v) is 6.08. The average molecular weight is 543 g/mol. The number of carbonyl (C=O) groups is 1. The molecule has 0 radical (unpaired) electrons. The smallest absolute Gasteiger partial charge is 0.251 e. The van der Waals surface area contributed by atoms with Crippen LogP contribution >= 0.6 is 0 Å². The predicted octanol–water partition coefficient (Wildman–Crippen LogP) is 3.28. The number of sulfone groups is 1. The second-order valence-corrected chi connectivity index (χ2v) is 12.5. The van der Waals surface area contributed by atoms with E-state index < -0.39 is 9.84 Å². The molecule has 0 atom stereocenters. The molecule has 0 unspecified atom stereocenters. The molecule has 3 aromatic heterocycles. The highest BCUT2D eigenvalue weighted by Gasteiger charge is 2.45. The van der Waals surface area contributed by atoms with E-state index in [0.717, 1.165) is 54.0 Å². The Labute approximate surface area is 227 Å². The maximum atomic E-state index is 12.8. The molecular formula is C29H30N6O3S. The van der Waals surface area contributed by atoms with Crippen LogP contribution in [-0.4, -0.2) is 60.7 Å². The van der Waals surface area contributed by atoms with Gasteiger partial charge in [0.05, 0.1) is 34.0 Å². The molecule has 1 saturated heterocycles. The molecule has 4 heterocycles. The van der Waals surface area contributed by atoms with Crippen LogP contribution < -0.4 is 15.5 Å². The van der Waals surface area contributed by atoms with Gasteiger partial charge in [-0.05, 0) is 67.8 Å². The summed E-state index contributed by atoms with van der Waals surface area (Å²) in [7, 11) is -3.43. The summed E-state index contributed by atoms with van der Waals surface area (Å²) in [4.78, 5) is 29.5. The number of hydrogen-bond acceptors (Lipinski definition) is 8. The van der Waals surface area contributed by atoms with Crippen LogP contribution in [0.3, 0.4) is 0 Å². The maximum Gasteiger partial charge on any atom is 0.251 e. The molecule has 200 valence electrons. The van der Waals surface area contributed by atoms with E-state index in [9.17, 15) is 13.2 Å². The zero-order valence-electron chi connectivity index (χ0n) is 21.9. The van der Waals surface area contributed by atoms with Gasteiger partial charge in [0.2, 0.25) is 0 Å². The number of amides is 1. The van der Waals surface area contributed by atoms with E-state index in [1.54, 1.807) is 25.3 Å². The Morgan fingerprint density at radius 2 is 1.90 bits per heavy atom. The zero-order valence-corrected chi connectivity index (χ0v) is 22.8. The SMILES string of the molecule is Cc1ccc(C(=O)NCc2cc3nc(-c4cccc(N5CCNC6(CC6)C5)n4)ccc3cn2)cc1S(C)(=O)=O. The summed E-state index contributed by atoms with van der Waals surface area (Å²) >= 11 is 0. The molecule has 1 aromatic carbocycles. The van der Waals surface area contributed by atoms with Gasteiger partial charge in [-0.15, -0.1) is 0 Å². The van der Waals surface area contributed by atoms with E-state index >= 15 is 0 Å². The van der Waals surface area contributed by atoms with Crippen LogP contribution in [0.25, 0.3) is 22.3 Å². The summed E-state index contributed by atoms with van der Waals surface area (Å²) in [5.41, 5.74) is 4.14. The number of pyridine rings is 3. The number of piperazine rings is 1. The topological polar surface area (TPSA) is 117 Å². The first kappa shape index (κ1) is 25.4. The van der Waals surface area contributed by atoms with E-state index in [1.165, 1.54) is 18.9 Å². The Hall–Kier alpha value is -3.89. The van der Waals surface area contributed by atoms with Crippen LogP contribution in [0.4, 0.5) is 5.82 Å². The van der Waals surface area contributed by atoms with Crippen LogP contribution in [0.5, 0.6) is 0 Å². The Kier molecular flexibility index (Phi) is 6.31. The van der Waals surface area contributed by atoms with Crippen molar-refractivity contribution in [3.63, 3.8) is 0 Å². The molecule has 9 nitrogen and oxygen atoms in total. The molecule has 1 aliphatic heterocycles. The number of nitrogens with zero attached hydrogens (tertiary/aromatic N) is 4.